The van der Waals surface area contributed by atoms with Gasteiger partial charge >= 0.3 is 0 Å². The third-order valence-electron chi connectivity index (χ3n) is 2.88. The quantitative estimate of drug-likeness (QED) is 0.898. The van der Waals surface area contributed by atoms with Crippen molar-refractivity contribution in [1.82, 2.24) is 0 Å². The van der Waals surface area contributed by atoms with Gasteiger partial charge in [-0.15, -0.1) is 11.3 Å². The Kier molecular flexibility index (Phi) is 3.82. The normalized spacial score (nSPS) is 10.5. The molecule has 0 aliphatic rings. The molecule has 90 valence electrons. The molecule has 3 heteroatoms. The van der Waals surface area contributed by atoms with Crippen LogP contribution >= 0.6 is 11.3 Å². The molecular formula is C14H18N2S. The molecule has 2 aromatic rings. The zero-order valence-electron chi connectivity index (χ0n) is 10.3. The van der Waals surface area contributed by atoms with E-state index in [1.54, 1.807) is 11.3 Å². The maximum atomic E-state index is 5.67. The number of rotatable bonds is 4. The zero-order valence-corrected chi connectivity index (χ0v) is 11.1. The first-order chi connectivity index (χ1) is 8.20. The molecule has 1 aromatic carbocycles. The molecule has 2 N–H and O–H groups in total. The molecule has 2 nitrogen and oxygen atoms in total. The Balaban J connectivity index is 2.13. The number of anilines is 1. The van der Waals surface area contributed by atoms with Crippen LogP contribution in [-0.4, -0.2) is 7.05 Å². The van der Waals surface area contributed by atoms with Gasteiger partial charge in [0.2, 0.25) is 0 Å². The molecule has 0 spiro atoms. The SMILES string of the molecule is Cc1sc(CN)cc1CN(C)c1ccccc1. The highest BCUT2D eigenvalue weighted by Gasteiger charge is 2.07. The lowest BCUT2D eigenvalue weighted by Crippen LogP contribution is -2.16. The van der Waals surface area contributed by atoms with Gasteiger partial charge in [0, 0.05) is 35.6 Å². The topological polar surface area (TPSA) is 29.3 Å². The number of thiophene rings is 1. The lowest BCUT2D eigenvalue weighted by Gasteiger charge is -2.19. The van der Waals surface area contributed by atoms with Gasteiger partial charge in [-0.2, -0.15) is 0 Å². The van der Waals surface area contributed by atoms with Gasteiger partial charge in [-0.3, -0.25) is 0 Å². The van der Waals surface area contributed by atoms with E-state index in [1.807, 2.05) is 6.07 Å². The van der Waals surface area contributed by atoms with Crippen molar-refractivity contribution in [2.75, 3.05) is 11.9 Å². The maximum absolute atomic E-state index is 5.67. The molecule has 2 rings (SSSR count). The van der Waals surface area contributed by atoms with E-state index in [0.29, 0.717) is 6.54 Å². The third kappa shape index (κ3) is 2.87. The van der Waals surface area contributed by atoms with Crippen LogP contribution in [0.25, 0.3) is 0 Å². The molecule has 0 saturated heterocycles. The molecule has 0 bridgehead atoms. The van der Waals surface area contributed by atoms with Crippen molar-refractivity contribution in [3.05, 3.63) is 51.7 Å². The van der Waals surface area contributed by atoms with Crippen LogP contribution in [0, 0.1) is 6.92 Å². The van der Waals surface area contributed by atoms with Gasteiger partial charge in [-0.05, 0) is 30.7 Å². The smallest absolute Gasteiger partial charge is 0.0437 e. The first-order valence-electron chi connectivity index (χ1n) is 5.75. The molecular weight excluding hydrogens is 228 g/mol. The molecule has 0 unspecified atom stereocenters. The number of aryl methyl sites for hydroxylation is 1. The van der Waals surface area contributed by atoms with E-state index < -0.39 is 0 Å². The van der Waals surface area contributed by atoms with Crippen molar-refractivity contribution in [2.45, 2.75) is 20.0 Å². The monoisotopic (exact) mass is 246 g/mol. The summed E-state index contributed by atoms with van der Waals surface area (Å²) in [6.45, 7) is 3.74. The summed E-state index contributed by atoms with van der Waals surface area (Å²) in [7, 11) is 2.12. The van der Waals surface area contributed by atoms with Crippen LogP contribution < -0.4 is 10.6 Å². The third-order valence-corrected chi connectivity index (χ3v) is 3.99. The summed E-state index contributed by atoms with van der Waals surface area (Å²) in [4.78, 5) is 4.89. The van der Waals surface area contributed by atoms with E-state index in [2.05, 4.69) is 49.2 Å². The highest BCUT2D eigenvalue weighted by Crippen LogP contribution is 2.24. The summed E-state index contributed by atoms with van der Waals surface area (Å²) in [5.41, 5.74) is 8.29. The minimum absolute atomic E-state index is 0.639. The lowest BCUT2D eigenvalue weighted by atomic mass is 10.2. The second kappa shape index (κ2) is 5.34. The Morgan fingerprint density at radius 1 is 1.24 bits per heavy atom. The second-order valence-electron chi connectivity index (χ2n) is 4.19. The molecule has 0 aliphatic carbocycles. The second-order valence-corrected chi connectivity index (χ2v) is 5.53. The van der Waals surface area contributed by atoms with Gasteiger partial charge in [0.25, 0.3) is 0 Å². The molecule has 1 heterocycles. The van der Waals surface area contributed by atoms with Crippen molar-refractivity contribution < 1.29 is 0 Å². The van der Waals surface area contributed by atoms with Crippen molar-refractivity contribution in [3.8, 4) is 0 Å². The Hall–Kier alpha value is -1.32. The molecule has 17 heavy (non-hydrogen) atoms. The Bertz CT molecular complexity index is 476. The van der Waals surface area contributed by atoms with Crippen molar-refractivity contribution >= 4 is 17.0 Å². The standard InChI is InChI=1S/C14H18N2S/c1-11-12(8-14(9-15)17-11)10-16(2)13-6-4-3-5-7-13/h3-8H,9-10,15H2,1-2H3. The average Bonchev–Trinajstić information content (AvgIpc) is 2.71. The van der Waals surface area contributed by atoms with Gasteiger partial charge in [-0.25, -0.2) is 0 Å². The first kappa shape index (κ1) is 12.1. The number of benzene rings is 1. The van der Waals surface area contributed by atoms with Crippen LogP contribution in [-0.2, 0) is 13.1 Å². The number of hydrogen-bond acceptors (Lipinski definition) is 3. The average molecular weight is 246 g/mol. The molecule has 0 amide bonds. The molecule has 0 atom stereocenters. The summed E-state index contributed by atoms with van der Waals surface area (Å²) in [6.07, 6.45) is 0. The van der Waals surface area contributed by atoms with E-state index in [1.165, 1.54) is 21.0 Å². The van der Waals surface area contributed by atoms with Crippen molar-refractivity contribution in [1.29, 1.82) is 0 Å². The van der Waals surface area contributed by atoms with Crippen LogP contribution in [0.3, 0.4) is 0 Å². The lowest BCUT2D eigenvalue weighted by molar-refractivity contribution is 0.919. The number of nitrogens with two attached hydrogens (primary N) is 1. The largest absolute Gasteiger partial charge is 0.370 e. The fourth-order valence-electron chi connectivity index (χ4n) is 1.87. The maximum Gasteiger partial charge on any atom is 0.0437 e. The molecule has 0 fully saturated rings. The summed E-state index contributed by atoms with van der Waals surface area (Å²) in [5, 5.41) is 0. The Labute approximate surface area is 107 Å². The van der Waals surface area contributed by atoms with Crippen LogP contribution in [0.5, 0.6) is 0 Å². The Morgan fingerprint density at radius 3 is 2.53 bits per heavy atom. The van der Waals surface area contributed by atoms with E-state index >= 15 is 0 Å². The van der Waals surface area contributed by atoms with E-state index in [4.69, 9.17) is 5.73 Å². The molecule has 0 aliphatic heterocycles. The predicted octanol–water partition coefficient (Wildman–Crippen LogP) is 3.15. The van der Waals surface area contributed by atoms with Crippen LogP contribution in [0.4, 0.5) is 5.69 Å². The highest BCUT2D eigenvalue weighted by molar-refractivity contribution is 7.12. The Morgan fingerprint density at radius 2 is 1.94 bits per heavy atom. The van der Waals surface area contributed by atoms with E-state index in [9.17, 15) is 0 Å². The highest BCUT2D eigenvalue weighted by atomic mass is 32.1. The first-order valence-corrected chi connectivity index (χ1v) is 6.57. The number of nitrogens with zero attached hydrogens (tertiary/aromatic N) is 1. The van der Waals surface area contributed by atoms with Crippen molar-refractivity contribution in [3.63, 3.8) is 0 Å². The van der Waals surface area contributed by atoms with Gasteiger partial charge in [0.1, 0.15) is 0 Å². The van der Waals surface area contributed by atoms with Gasteiger partial charge in [0.05, 0.1) is 0 Å². The van der Waals surface area contributed by atoms with Gasteiger partial charge in [-0.1, -0.05) is 18.2 Å². The molecule has 0 saturated carbocycles. The zero-order chi connectivity index (χ0) is 12.3. The summed E-state index contributed by atoms with van der Waals surface area (Å²) in [6, 6.07) is 12.7. The predicted molar refractivity (Wildman–Crippen MR) is 75.5 cm³/mol. The summed E-state index contributed by atoms with van der Waals surface area (Å²) in [5.74, 6) is 0. The molecule has 1 aromatic heterocycles. The van der Waals surface area contributed by atoms with Gasteiger partial charge < -0.3 is 10.6 Å². The van der Waals surface area contributed by atoms with E-state index in [0.717, 1.165) is 6.54 Å². The minimum atomic E-state index is 0.639. The van der Waals surface area contributed by atoms with Crippen molar-refractivity contribution in [2.24, 2.45) is 5.73 Å². The fourth-order valence-corrected chi connectivity index (χ4v) is 2.81. The van der Waals surface area contributed by atoms with Crippen LogP contribution in [0.1, 0.15) is 15.3 Å². The minimum Gasteiger partial charge on any atom is -0.370 e. The number of hydrogen-bond donors (Lipinski definition) is 1. The summed E-state index contributed by atoms with van der Waals surface area (Å²) < 4.78 is 0. The fraction of sp³-hybridized carbons (Fsp3) is 0.286. The summed E-state index contributed by atoms with van der Waals surface area (Å²) >= 11 is 1.80. The van der Waals surface area contributed by atoms with Gasteiger partial charge in [0.15, 0.2) is 0 Å². The van der Waals surface area contributed by atoms with Crippen LogP contribution in [0.15, 0.2) is 36.4 Å². The number of para-hydroxylation sites is 1. The van der Waals surface area contributed by atoms with E-state index in [-0.39, 0.29) is 0 Å². The van der Waals surface area contributed by atoms with Crippen LogP contribution in [0.2, 0.25) is 0 Å². The molecule has 0 radical (unpaired) electrons.